The van der Waals surface area contributed by atoms with Crippen molar-refractivity contribution in [1.29, 1.82) is 0 Å². The third kappa shape index (κ3) is 6.02. The van der Waals surface area contributed by atoms with Crippen LogP contribution < -0.4 is 10.1 Å². The molecule has 1 aliphatic rings. The minimum Gasteiger partial charge on any atom is -0.496 e. The second kappa shape index (κ2) is 11.5. The van der Waals surface area contributed by atoms with Crippen molar-refractivity contribution >= 4 is 33.4 Å². The molecule has 0 radical (unpaired) electrons. The Morgan fingerprint density at radius 2 is 1.87 bits per heavy atom. The van der Waals surface area contributed by atoms with Crippen LogP contribution in [0.4, 0.5) is 5.69 Å². The standard InChI is InChI=1S/C21H26N2O4S2.C2H6/c1-4-18-14-28-12-11-23(18)29(25,26)19-8-6-17(7-9-19)22-21(24)16-5-10-20(27-3)15(2)13-16;1-2/h5-10,13,18H,4,11-12,14H2,1-3H3,(H,22,24);1-2H3. The van der Waals surface area contributed by atoms with Crippen LogP contribution >= 0.6 is 11.8 Å². The van der Waals surface area contributed by atoms with Crippen molar-refractivity contribution in [3.05, 3.63) is 53.6 Å². The third-order valence-corrected chi connectivity index (χ3v) is 8.08. The van der Waals surface area contributed by atoms with Crippen LogP contribution in [0, 0.1) is 6.92 Å². The van der Waals surface area contributed by atoms with Gasteiger partial charge in [-0.25, -0.2) is 8.42 Å². The number of carbonyl (C=O) groups excluding carboxylic acids is 1. The molecule has 0 bridgehead atoms. The molecule has 8 heteroatoms. The minimum absolute atomic E-state index is 0.0245. The number of methoxy groups -OCH3 is 1. The molecule has 1 amide bonds. The Morgan fingerprint density at radius 1 is 1.19 bits per heavy atom. The number of hydrogen-bond donors (Lipinski definition) is 1. The number of nitrogens with one attached hydrogen (secondary N) is 1. The summed E-state index contributed by atoms with van der Waals surface area (Å²) in [6.45, 7) is 8.41. The molecule has 1 atom stereocenters. The van der Waals surface area contributed by atoms with Gasteiger partial charge in [-0.1, -0.05) is 20.8 Å². The van der Waals surface area contributed by atoms with E-state index < -0.39 is 10.0 Å². The largest absolute Gasteiger partial charge is 0.496 e. The highest BCUT2D eigenvalue weighted by Crippen LogP contribution is 2.27. The highest BCUT2D eigenvalue weighted by Gasteiger charge is 2.32. The zero-order valence-electron chi connectivity index (χ0n) is 18.8. The predicted molar refractivity (Wildman–Crippen MR) is 129 cm³/mol. The summed E-state index contributed by atoms with van der Waals surface area (Å²) in [6, 6.07) is 11.6. The summed E-state index contributed by atoms with van der Waals surface area (Å²) in [5, 5.41) is 2.81. The topological polar surface area (TPSA) is 75.7 Å². The number of amides is 1. The summed E-state index contributed by atoms with van der Waals surface area (Å²) in [5.41, 5.74) is 1.92. The van der Waals surface area contributed by atoms with Gasteiger partial charge in [0.05, 0.1) is 12.0 Å². The predicted octanol–water partition coefficient (Wildman–Crippen LogP) is 4.80. The van der Waals surface area contributed by atoms with E-state index in [0.29, 0.717) is 17.8 Å². The average Bonchev–Trinajstić information content (AvgIpc) is 2.80. The first kappa shape index (κ1) is 25.2. The lowest BCUT2D eigenvalue weighted by Crippen LogP contribution is -2.45. The van der Waals surface area contributed by atoms with Crippen molar-refractivity contribution in [1.82, 2.24) is 4.31 Å². The maximum Gasteiger partial charge on any atom is 0.255 e. The van der Waals surface area contributed by atoms with Crippen LogP contribution in [-0.4, -0.2) is 49.8 Å². The molecule has 0 aliphatic carbocycles. The molecule has 1 unspecified atom stereocenters. The van der Waals surface area contributed by atoms with Crippen LogP contribution in [0.1, 0.15) is 43.1 Å². The molecular weight excluding hydrogens is 432 g/mol. The van der Waals surface area contributed by atoms with Gasteiger partial charge in [0.2, 0.25) is 10.0 Å². The van der Waals surface area contributed by atoms with Crippen LogP contribution in [0.3, 0.4) is 0 Å². The Morgan fingerprint density at radius 3 is 2.45 bits per heavy atom. The Bertz CT molecular complexity index is 976. The Labute approximate surface area is 190 Å². The van der Waals surface area contributed by atoms with E-state index in [0.717, 1.165) is 29.2 Å². The zero-order valence-corrected chi connectivity index (χ0v) is 20.5. The van der Waals surface area contributed by atoms with E-state index in [1.165, 1.54) is 0 Å². The SMILES string of the molecule is CC.CCC1CSCCN1S(=O)(=O)c1ccc(NC(=O)c2ccc(OC)c(C)c2)cc1. The van der Waals surface area contributed by atoms with Crippen LogP contribution in [0.15, 0.2) is 47.4 Å². The van der Waals surface area contributed by atoms with Gasteiger partial charge < -0.3 is 10.1 Å². The first-order chi connectivity index (χ1) is 14.9. The number of benzene rings is 2. The molecule has 170 valence electrons. The summed E-state index contributed by atoms with van der Waals surface area (Å²) >= 11 is 1.79. The van der Waals surface area contributed by atoms with E-state index in [1.54, 1.807) is 65.6 Å². The molecular formula is C23H32N2O4S2. The summed E-state index contributed by atoms with van der Waals surface area (Å²) < 4.78 is 32.9. The number of rotatable bonds is 6. The van der Waals surface area contributed by atoms with Crippen LogP contribution in [0.25, 0.3) is 0 Å². The summed E-state index contributed by atoms with van der Waals surface area (Å²) in [7, 11) is -1.95. The van der Waals surface area contributed by atoms with Crippen molar-refractivity contribution in [2.75, 3.05) is 30.5 Å². The second-order valence-corrected chi connectivity index (χ2v) is 9.96. The third-order valence-electron chi connectivity index (χ3n) is 5.02. The van der Waals surface area contributed by atoms with E-state index in [9.17, 15) is 13.2 Å². The Balaban J connectivity index is 0.00000166. The molecule has 0 aromatic heterocycles. The number of nitrogens with zero attached hydrogens (tertiary/aromatic N) is 1. The van der Waals surface area contributed by atoms with Crippen LogP contribution in [0.5, 0.6) is 5.75 Å². The van der Waals surface area contributed by atoms with Gasteiger partial charge in [-0.05, 0) is 61.4 Å². The maximum absolute atomic E-state index is 13.0. The van der Waals surface area contributed by atoms with Gasteiger partial charge >= 0.3 is 0 Å². The van der Waals surface area contributed by atoms with Gasteiger partial charge in [-0.15, -0.1) is 0 Å². The number of thioether (sulfide) groups is 1. The smallest absolute Gasteiger partial charge is 0.255 e. The van der Waals surface area contributed by atoms with E-state index >= 15 is 0 Å². The van der Waals surface area contributed by atoms with Crippen LogP contribution in [-0.2, 0) is 10.0 Å². The van der Waals surface area contributed by atoms with Gasteiger partial charge in [-0.2, -0.15) is 16.1 Å². The van der Waals surface area contributed by atoms with Crippen molar-refractivity contribution in [2.24, 2.45) is 0 Å². The van der Waals surface area contributed by atoms with Gasteiger partial charge in [0, 0.05) is 35.3 Å². The monoisotopic (exact) mass is 464 g/mol. The molecule has 2 aromatic carbocycles. The number of ether oxygens (including phenoxy) is 1. The van der Waals surface area contributed by atoms with Crippen LogP contribution in [0.2, 0.25) is 0 Å². The van der Waals surface area contributed by atoms with Gasteiger partial charge in [-0.3, -0.25) is 4.79 Å². The lowest BCUT2D eigenvalue weighted by Gasteiger charge is -2.33. The fourth-order valence-electron chi connectivity index (χ4n) is 3.35. The molecule has 1 N–H and O–H groups in total. The molecule has 1 heterocycles. The molecule has 0 saturated carbocycles. The van der Waals surface area contributed by atoms with E-state index in [1.807, 2.05) is 27.7 Å². The molecule has 1 saturated heterocycles. The first-order valence-corrected chi connectivity index (χ1v) is 13.1. The molecule has 31 heavy (non-hydrogen) atoms. The number of carbonyl (C=O) groups is 1. The summed E-state index contributed by atoms with van der Waals surface area (Å²) in [4.78, 5) is 12.7. The second-order valence-electron chi connectivity index (χ2n) is 6.92. The fraction of sp³-hybridized carbons (Fsp3) is 0.435. The summed E-state index contributed by atoms with van der Waals surface area (Å²) in [6.07, 6.45) is 0.793. The van der Waals surface area contributed by atoms with E-state index in [-0.39, 0.29) is 16.8 Å². The maximum atomic E-state index is 13.0. The minimum atomic E-state index is -3.54. The summed E-state index contributed by atoms with van der Waals surface area (Å²) in [5.74, 6) is 2.10. The molecule has 1 fully saturated rings. The average molecular weight is 465 g/mol. The number of hydrogen-bond acceptors (Lipinski definition) is 5. The van der Waals surface area contributed by atoms with Crippen molar-refractivity contribution in [3.8, 4) is 5.75 Å². The highest BCUT2D eigenvalue weighted by molar-refractivity contribution is 7.99. The quantitative estimate of drug-likeness (QED) is 0.665. The number of anilines is 1. The van der Waals surface area contributed by atoms with E-state index in [2.05, 4.69) is 5.32 Å². The van der Waals surface area contributed by atoms with Crippen molar-refractivity contribution < 1.29 is 17.9 Å². The first-order valence-electron chi connectivity index (χ1n) is 10.5. The van der Waals surface area contributed by atoms with Gasteiger partial charge in [0.15, 0.2) is 0 Å². The number of sulfonamides is 1. The molecule has 0 spiro atoms. The zero-order chi connectivity index (χ0) is 23.0. The lowest BCUT2D eigenvalue weighted by atomic mass is 10.1. The van der Waals surface area contributed by atoms with Crippen molar-refractivity contribution in [2.45, 2.75) is 45.1 Å². The molecule has 1 aliphatic heterocycles. The Kier molecular flexibility index (Phi) is 9.40. The van der Waals surface area contributed by atoms with Gasteiger partial charge in [0.1, 0.15) is 5.75 Å². The molecule has 2 aromatic rings. The fourth-order valence-corrected chi connectivity index (χ4v) is 6.43. The number of aryl methyl sites for hydroxylation is 1. The van der Waals surface area contributed by atoms with E-state index in [4.69, 9.17) is 4.74 Å². The highest BCUT2D eigenvalue weighted by atomic mass is 32.2. The van der Waals surface area contributed by atoms with Gasteiger partial charge in [0.25, 0.3) is 5.91 Å². The molecule has 6 nitrogen and oxygen atoms in total. The Hall–Kier alpha value is -2.03. The molecule has 3 rings (SSSR count). The lowest BCUT2D eigenvalue weighted by molar-refractivity contribution is 0.102. The normalized spacial score (nSPS) is 16.7. The van der Waals surface area contributed by atoms with Crippen molar-refractivity contribution in [3.63, 3.8) is 0 Å².